The quantitative estimate of drug-likeness (QED) is 0.760. The van der Waals surface area contributed by atoms with Gasteiger partial charge in [0.2, 0.25) is 0 Å². The van der Waals surface area contributed by atoms with E-state index in [9.17, 15) is 9.59 Å². The first-order valence-corrected chi connectivity index (χ1v) is 8.37. The summed E-state index contributed by atoms with van der Waals surface area (Å²) < 4.78 is 0. The van der Waals surface area contributed by atoms with Crippen LogP contribution in [0.3, 0.4) is 0 Å². The van der Waals surface area contributed by atoms with Gasteiger partial charge in [0, 0.05) is 16.1 Å². The van der Waals surface area contributed by atoms with Gasteiger partial charge in [0.15, 0.2) is 0 Å². The first kappa shape index (κ1) is 17.9. The van der Waals surface area contributed by atoms with Gasteiger partial charge in [-0.3, -0.25) is 4.79 Å². The van der Waals surface area contributed by atoms with Crippen LogP contribution < -0.4 is 10.6 Å². The maximum Gasteiger partial charge on any atom is 0.315 e. The third-order valence-corrected chi connectivity index (χ3v) is 4.76. The second-order valence-corrected chi connectivity index (χ2v) is 6.74. The van der Waals surface area contributed by atoms with Crippen LogP contribution in [0.4, 0.5) is 4.79 Å². The molecule has 0 spiro atoms. The van der Waals surface area contributed by atoms with Crippen molar-refractivity contribution >= 4 is 35.2 Å². The standard InChI is InChI=1S/C16H20Cl2N2O3/c1-9(13-8-11(17)4-7-14(13)18)19-16(23)20-12-5-2-10(3-6-12)15(21)22/h4,7-10,12H,2-3,5-6H2,1H3,(H,21,22)(H2,19,20,23)/t9-,10?,12?/m0/s1. The average Bonchev–Trinajstić information content (AvgIpc) is 2.50. The zero-order valence-corrected chi connectivity index (χ0v) is 14.3. The van der Waals surface area contributed by atoms with Crippen LogP contribution in [0.25, 0.3) is 0 Å². The maximum absolute atomic E-state index is 12.1. The highest BCUT2D eigenvalue weighted by molar-refractivity contribution is 6.33. The molecule has 0 saturated heterocycles. The predicted octanol–water partition coefficient (Wildman–Crippen LogP) is 4.00. The molecule has 7 heteroatoms. The molecule has 1 aliphatic carbocycles. The Hall–Kier alpha value is -1.46. The van der Waals surface area contributed by atoms with Crippen molar-refractivity contribution in [1.82, 2.24) is 10.6 Å². The molecule has 0 unspecified atom stereocenters. The van der Waals surface area contributed by atoms with Crippen molar-refractivity contribution < 1.29 is 14.7 Å². The first-order valence-electron chi connectivity index (χ1n) is 7.61. The molecule has 23 heavy (non-hydrogen) atoms. The lowest BCUT2D eigenvalue weighted by atomic mass is 9.86. The molecule has 0 aliphatic heterocycles. The van der Waals surface area contributed by atoms with E-state index >= 15 is 0 Å². The van der Waals surface area contributed by atoms with E-state index in [-0.39, 0.29) is 24.0 Å². The third kappa shape index (κ3) is 5.01. The smallest absolute Gasteiger partial charge is 0.315 e. The number of rotatable bonds is 4. The van der Waals surface area contributed by atoms with Crippen molar-refractivity contribution in [3.8, 4) is 0 Å². The molecular weight excluding hydrogens is 339 g/mol. The summed E-state index contributed by atoms with van der Waals surface area (Å²) in [6, 6.07) is 4.56. The van der Waals surface area contributed by atoms with E-state index in [4.69, 9.17) is 28.3 Å². The Morgan fingerprint density at radius 2 is 1.87 bits per heavy atom. The molecule has 1 aliphatic rings. The second-order valence-electron chi connectivity index (χ2n) is 5.89. The molecule has 1 aromatic rings. The van der Waals surface area contributed by atoms with Crippen LogP contribution in [0.5, 0.6) is 0 Å². The summed E-state index contributed by atoms with van der Waals surface area (Å²) in [7, 11) is 0. The number of hydrogen-bond acceptors (Lipinski definition) is 2. The van der Waals surface area contributed by atoms with E-state index in [1.807, 2.05) is 6.92 Å². The lowest BCUT2D eigenvalue weighted by Gasteiger charge is -2.27. The fourth-order valence-corrected chi connectivity index (χ4v) is 3.29. The number of halogens is 2. The minimum atomic E-state index is -0.753. The van der Waals surface area contributed by atoms with Gasteiger partial charge < -0.3 is 15.7 Å². The Morgan fingerprint density at radius 1 is 1.22 bits per heavy atom. The molecular formula is C16H20Cl2N2O3. The molecule has 0 radical (unpaired) electrons. The Morgan fingerprint density at radius 3 is 2.48 bits per heavy atom. The number of nitrogens with one attached hydrogen (secondary N) is 2. The van der Waals surface area contributed by atoms with Gasteiger partial charge in [-0.15, -0.1) is 0 Å². The summed E-state index contributed by atoms with van der Waals surface area (Å²) in [4.78, 5) is 23.0. The number of carbonyl (C=O) groups excluding carboxylic acids is 1. The lowest BCUT2D eigenvalue weighted by Crippen LogP contribution is -2.44. The van der Waals surface area contributed by atoms with Crippen molar-refractivity contribution in [2.24, 2.45) is 5.92 Å². The van der Waals surface area contributed by atoms with E-state index in [0.717, 1.165) is 5.56 Å². The number of urea groups is 1. The maximum atomic E-state index is 12.1. The predicted molar refractivity (Wildman–Crippen MR) is 89.9 cm³/mol. The van der Waals surface area contributed by atoms with Crippen LogP contribution in [0.15, 0.2) is 18.2 Å². The molecule has 2 rings (SSSR count). The third-order valence-electron chi connectivity index (χ3n) is 4.18. The normalized spacial score (nSPS) is 22.2. The molecule has 1 fully saturated rings. The van der Waals surface area contributed by atoms with Crippen LogP contribution >= 0.6 is 23.2 Å². The van der Waals surface area contributed by atoms with E-state index in [2.05, 4.69) is 10.6 Å². The topological polar surface area (TPSA) is 78.4 Å². The van der Waals surface area contributed by atoms with Crippen molar-refractivity contribution in [2.75, 3.05) is 0 Å². The number of carboxylic acid groups (broad SMARTS) is 1. The highest BCUT2D eigenvalue weighted by Gasteiger charge is 2.27. The number of carbonyl (C=O) groups is 2. The van der Waals surface area contributed by atoms with Gasteiger partial charge in [0.05, 0.1) is 12.0 Å². The molecule has 1 aromatic carbocycles. The Kier molecular flexibility index (Phi) is 6.13. The molecule has 0 aromatic heterocycles. The van der Waals surface area contributed by atoms with Crippen LogP contribution in [-0.4, -0.2) is 23.1 Å². The van der Waals surface area contributed by atoms with E-state index in [0.29, 0.717) is 35.7 Å². The zero-order valence-electron chi connectivity index (χ0n) is 12.8. The molecule has 0 heterocycles. The van der Waals surface area contributed by atoms with Crippen LogP contribution in [0.2, 0.25) is 10.0 Å². The Labute approximate surface area is 145 Å². The van der Waals surface area contributed by atoms with E-state index in [1.165, 1.54) is 0 Å². The molecule has 3 N–H and O–H groups in total. The van der Waals surface area contributed by atoms with Gasteiger partial charge in [-0.1, -0.05) is 23.2 Å². The Balaban J connectivity index is 1.85. The largest absolute Gasteiger partial charge is 0.481 e. The summed E-state index contributed by atoms with van der Waals surface area (Å²) in [6.45, 7) is 1.83. The van der Waals surface area contributed by atoms with Crippen LogP contribution in [-0.2, 0) is 4.79 Å². The number of benzene rings is 1. The highest BCUT2D eigenvalue weighted by atomic mass is 35.5. The van der Waals surface area contributed by atoms with Crippen molar-refractivity contribution in [2.45, 2.75) is 44.7 Å². The van der Waals surface area contributed by atoms with Gasteiger partial charge in [-0.25, -0.2) is 4.79 Å². The number of amides is 2. The highest BCUT2D eigenvalue weighted by Crippen LogP contribution is 2.27. The second kappa shape index (κ2) is 7.88. The van der Waals surface area contributed by atoms with Gasteiger partial charge in [-0.05, 0) is 56.4 Å². The molecule has 1 saturated carbocycles. The van der Waals surface area contributed by atoms with Crippen LogP contribution in [0, 0.1) is 5.92 Å². The summed E-state index contributed by atoms with van der Waals surface area (Å²) in [5.41, 5.74) is 0.754. The van der Waals surface area contributed by atoms with Crippen LogP contribution in [0.1, 0.15) is 44.2 Å². The minimum Gasteiger partial charge on any atom is -0.481 e. The SMILES string of the molecule is C[C@H](NC(=O)NC1CCC(C(=O)O)CC1)c1cc(Cl)ccc1Cl. The van der Waals surface area contributed by atoms with Gasteiger partial charge >= 0.3 is 12.0 Å². The van der Waals surface area contributed by atoms with Crippen molar-refractivity contribution in [1.29, 1.82) is 0 Å². The number of aliphatic carboxylic acids is 1. The van der Waals surface area contributed by atoms with E-state index in [1.54, 1.807) is 18.2 Å². The summed E-state index contributed by atoms with van der Waals surface area (Å²) in [5, 5.41) is 15.8. The fraction of sp³-hybridized carbons (Fsp3) is 0.500. The Bertz CT molecular complexity index is 587. The lowest BCUT2D eigenvalue weighted by molar-refractivity contribution is -0.142. The van der Waals surface area contributed by atoms with Gasteiger partial charge in [-0.2, -0.15) is 0 Å². The number of hydrogen-bond donors (Lipinski definition) is 3. The first-order chi connectivity index (χ1) is 10.9. The zero-order chi connectivity index (χ0) is 17.0. The fourth-order valence-electron chi connectivity index (χ4n) is 2.83. The average molecular weight is 359 g/mol. The molecule has 0 bridgehead atoms. The number of carboxylic acids is 1. The molecule has 5 nitrogen and oxygen atoms in total. The van der Waals surface area contributed by atoms with Crippen molar-refractivity contribution in [3.63, 3.8) is 0 Å². The van der Waals surface area contributed by atoms with Crippen molar-refractivity contribution in [3.05, 3.63) is 33.8 Å². The van der Waals surface area contributed by atoms with Gasteiger partial charge in [0.1, 0.15) is 0 Å². The summed E-state index contributed by atoms with van der Waals surface area (Å²) >= 11 is 12.1. The minimum absolute atomic E-state index is 0.00707. The van der Waals surface area contributed by atoms with Gasteiger partial charge in [0.25, 0.3) is 0 Å². The molecule has 126 valence electrons. The molecule has 2 amide bonds. The summed E-state index contributed by atoms with van der Waals surface area (Å²) in [6.07, 6.45) is 2.54. The molecule has 1 atom stereocenters. The summed E-state index contributed by atoms with van der Waals surface area (Å²) in [5.74, 6) is -1.04. The van der Waals surface area contributed by atoms with E-state index < -0.39 is 5.97 Å². The monoisotopic (exact) mass is 358 g/mol.